The van der Waals surface area contributed by atoms with Gasteiger partial charge in [0, 0.05) is 20.6 Å². The van der Waals surface area contributed by atoms with Gasteiger partial charge in [-0.05, 0) is 11.5 Å². The van der Waals surface area contributed by atoms with Crippen LogP contribution in [0.4, 0.5) is 19.6 Å². The molecule has 0 fully saturated rings. The van der Waals surface area contributed by atoms with Crippen molar-refractivity contribution in [2.45, 2.75) is 11.3 Å². The zero-order valence-corrected chi connectivity index (χ0v) is 12.6. The van der Waals surface area contributed by atoms with Crippen LogP contribution in [-0.2, 0) is 10.0 Å². The highest BCUT2D eigenvalue weighted by atomic mass is 32.2. The van der Waals surface area contributed by atoms with Crippen LogP contribution in [-0.4, -0.2) is 62.4 Å². The lowest BCUT2D eigenvalue weighted by Crippen LogP contribution is -2.33. The summed E-state index contributed by atoms with van der Waals surface area (Å²) in [5.41, 5.74) is 5.55. The third-order valence-electron chi connectivity index (χ3n) is 2.41. The summed E-state index contributed by atoms with van der Waals surface area (Å²) in [4.78, 5) is 0.760. The lowest BCUT2D eigenvalue weighted by Gasteiger charge is -2.23. The average Bonchev–Trinajstić information content (AvgIpc) is 2.70. The van der Waals surface area contributed by atoms with E-state index in [1.807, 2.05) is 0 Å². The van der Waals surface area contributed by atoms with Gasteiger partial charge in [0.1, 0.15) is 5.00 Å². The van der Waals surface area contributed by atoms with Crippen molar-refractivity contribution in [1.29, 1.82) is 0 Å². The minimum absolute atomic E-state index is 0.00514. The minimum Gasteiger partial charge on any atom is -0.395 e. The van der Waals surface area contributed by atoms with E-state index in [1.165, 1.54) is 14.1 Å². The Bertz CT molecular complexity index is 547. The van der Waals surface area contributed by atoms with Crippen LogP contribution in [0.3, 0.4) is 0 Å². The van der Waals surface area contributed by atoms with E-state index in [0.717, 1.165) is 9.21 Å². The van der Waals surface area contributed by atoms with Gasteiger partial charge in [0.2, 0.25) is 10.0 Å². The van der Waals surface area contributed by atoms with Gasteiger partial charge in [-0.15, -0.1) is 0 Å². The molecule has 3 N–H and O–H groups in total. The van der Waals surface area contributed by atoms with Crippen molar-refractivity contribution >= 4 is 32.4 Å². The first-order valence-electron chi connectivity index (χ1n) is 5.53. The Kier molecular flexibility index (Phi) is 5.62. The molecule has 0 aliphatic carbocycles. The number of rotatable bonds is 7. The van der Waals surface area contributed by atoms with E-state index in [0.29, 0.717) is 11.5 Å². The molecule has 11 heteroatoms. The van der Waals surface area contributed by atoms with Crippen LogP contribution < -0.4 is 10.6 Å². The molecule has 0 atom stereocenters. The molecule has 0 spiro atoms. The maximum atomic E-state index is 12.6. The standard InChI is InChI=1S/C9H16F2N4O3S2/c1-14(2)20(17,18)7-8(12)13-19-9(7)15(3-4-16)5-6(10)11/h6,16H,3-5H2,1-2H3,(H2,12,13). The molecule has 1 rings (SSSR count). The fourth-order valence-electron chi connectivity index (χ4n) is 1.47. The summed E-state index contributed by atoms with van der Waals surface area (Å²) in [6.07, 6.45) is -2.68. The van der Waals surface area contributed by atoms with Crippen LogP contribution in [0.1, 0.15) is 0 Å². The number of aromatic nitrogens is 1. The van der Waals surface area contributed by atoms with Crippen molar-refractivity contribution in [1.82, 2.24) is 8.68 Å². The second kappa shape index (κ2) is 6.61. The molecule has 0 unspecified atom stereocenters. The van der Waals surface area contributed by atoms with E-state index in [1.54, 1.807) is 0 Å². The molecule has 1 aromatic rings. The number of nitrogen functional groups attached to an aromatic ring is 1. The third kappa shape index (κ3) is 3.53. The molecule has 0 bridgehead atoms. The SMILES string of the molecule is CN(C)S(=O)(=O)c1c(N)nsc1N(CCO)CC(F)F. The van der Waals surface area contributed by atoms with Gasteiger partial charge in [-0.2, -0.15) is 4.37 Å². The molecule has 1 aromatic heterocycles. The Labute approximate surface area is 119 Å². The number of hydrogen-bond donors (Lipinski definition) is 2. The molecule has 116 valence electrons. The van der Waals surface area contributed by atoms with Gasteiger partial charge in [-0.1, -0.05) is 0 Å². The van der Waals surface area contributed by atoms with Crippen LogP contribution in [0.15, 0.2) is 4.90 Å². The molecule has 0 saturated heterocycles. The van der Waals surface area contributed by atoms with Crippen molar-refractivity contribution in [3.05, 3.63) is 0 Å². The molecule has 0 radical (unpaired) electrons. The molecule has 0 aliphatic rings. The smallest absolute Gasteiger partial charge is 0.255 e. The van der Waals surface area contributed by atoms with Crippen molar-refractivity contribution in [2.75, 3.05) is 44.4 Å². The maximum Gasteiger partial charge on any atom is 0.255 e. The van der Waals surface area contributed by atoms with Crippen molar-refractivity contribution in [2.24, 2.45) is 0 Å². The highest BCUT2D eigenvalue weighted by Crippen LogP contribution is 2.36. The van der Waals surface area contributed by atoms with Gasteiger partial charge in [-0.3, -0.25) is 0 Å². The van der Waals surface area contributed by atoms with Gasteiger partial charge in [0.15, 0.2) is 10.7 Å². The van der Waals surface area contributed by atoms with Gasteiger partial charge in [-0.25, -0.2) is 21.5 Å². The van der Waals surface area contributed by atoms with Crippen LogP contribution >= 0.6 is 11.5 Å². The van der Waals surface area contributed by atoms with Gasteiger partial charge < -0.3 is 15.7 Å². The monoisotopic (exact) mass is 330 g/mol. The van der Waals surface area contributed by atoms with Crippen molar-refractivity contribution in [3.63, 3.8) is 0 Å². The van der Waals surface area contributed by atoms with E-state index in [-0.39, 0.29) is 22.3 Å². The summed E-state index contributed by atoms with van der Waals surface area (Å²) in [6, 6.07) is 0. The normalized spacial score (nSPS) is 12.3. The second-order valence-electron chi connectivity index (χ2n) is 4.05. The zero-order valence-electron chi connectivity index (χ0n) is 11.0. The first kappa shape index (κ1) is 17.0. The molecule has 20 heavy (non-hydrogen) atoms. The molecular weight excluding hydrogens is 314 g/mol. The number of sulfonamides is 1. The van der Waals surface area contributed by atoms with Gasteiger partial charge >= 0.3 is 0 Å². The molecule has 0 amide bonds. The fraction of sp³-hybridized carbons (Fsp3) is 0.667. The van der Waals surface area contributed by atoms with Crippen LogP contribution in [0.5, 0.6) is 0 Å². The zero-order chi connectivity index (χ0) is 15.5. The molecule has 0 saturated carbocycles. The fourth-order valence-corrected chi connectivity index (χ4v) is 3.73. The number of anilines is 2. The molecular formula is C9H16F2N4O3S2. The summed E-state index contributed by atoms with van der Waals surface area (Å²) < 4.78 is 54.1. The summed E-state index contributed by atoms with van der Waals surface area (Å²) in [5, 5.41) is 8.93. The first-order valence-corrected chi connectivity index (χ1v) is 7.74. The predicted molar refractivity (Wildman–Crippen MR) is 72.7 cm³/mol. The highest BCUT2D eigenvalue weighted by Gasteiger charge is 2.31. The van der Waals surface area contributed by atoms with Crippen LogP contribution in [0.2, 0.25) is 0 Å². The van der Waals surface area contributed by atoms with E-state index in [9.17, 15) is 17.2 Å². The largest absolute Gasteiger partial charge is 0.395 e. The van der Waals surface area contributed by atoms with Gasteiger partial charge in [0.25, 0.3) is 6.43 Å². The Morgan fingerprint density at radius 3 is 2.50 bits per heavy atom. The minimum atomic E-state index is -3.91. The summed E-state index contributed by atoms with van der Waals surface area (Å²) in [7, 11) is -1.30. The first-order chi connectivity index (χ1) is 9.21. The van der Waals surface area contributed by atoms with Gasteiger partial charge in [0.05, 0.1) is 13.2 Å². The number of aliphatic hydroxyl groups excluding tert-OH is 1. The average molecular weight is 330 g/mol. The van der Waals surface area contributed by atoms with E-state index in [4.69, 9.17) is 10.8 Å². The number of hydrogen-bond acceptors (Lipinski definition) is 7. The Morgan fingerprint density at radius 1 is 1.45 bits per heavy atom. The Balaban J connectivity index is 3.31. The Morgan fingerprint density at radius 2 is 2.05 bits per heavy atom. The molecule has 1 heterocycles. The predicted octanol–water partition coefficient (Wildman–Crippen LogP) is 0.0394. The van der Waals surface area contributed by atoms with Crippen LogP contribution in [0.25, 0.3) is 0 Å². The maximum absolute atomic E-state index is 12.6. The van der Waals surface area contributed by atoms with Crippen molar-refractivity contribution < 1.29 is 22.3 Å². The quantitative estimate of drug-likeness (QED) is 0.732. The second-order valence-corrected chi connectivity index (χ2v) is 6.89. The van der Waals surface area contributed by atoms with E-state index >= 15 is 0 Å². The Hall–Kier alpha value is -1.04. The third-order valence-corrected chi connectivity index (χ3v) is 5.34. The number of halogens is 2. The summed E-state index contributed by atoms with van der Waals surface area (Å²) in [6.45, 7) is -1.24. The number of alkyl halides is 2. The molecule has 0 aromatic carbocycles. The number of nitrogens with two attached hydrogens (primary N) is 1. The molecule has 7 nitrogen and oxygen atoms in total. The number of aliphatic hydroxyl groups is 1. The van der Waals surface area contributed by atoms with Crippen molar-refractivity contribution in [3.8, 4) is 0 Å². The lowest BCUT2D eigenvalue weighted by molar-refractivity contribution is 0.153. The topological polar surface area (TPSA) is 99.8 Å². The summed E-state index contributed by atoms with van der Waals surface area (Å²) in [5.74, 6) is -0.240. The lowest BCUT2D eigenvalue weighted by atomic mass is 10.4. The van der Waals surface area contributed by atoms with E-state index in [2.05, 4.69) is 4.37 Å². The van der Waals surface area contributed by atoms with Crippen LogP contribution in [0, 0.1) is 0 Å². The molecule has 0 aliphatic heterocycles. The highest BCUT2D eigenvalue weighted by molar-refractivity contribution is 7.89. The number of nitrogens with zero attached hydrogens (tertiary/aromatic N) is 3. The van der Waals surface area contributed by atoms with E-state index < -0.39 is 29.6 Å². The summed E-state index contributed by atoms with van der Waals surface area (Å²) >= 11 is 0.711.